The fraction of sp³-hybridized carbons (Fsp3) is 1.00. The van der Waals surface area contributed by atoms with E-state index in [9.17, 15) is 13.5 Å². The minimum absolute atomic E-state index is 0.0812. The monoisotopic (exact) mass is 234 g/mol. The van der Waals surface area contributed by atoms with Gasteiger partial charge in [-0.15, -0.1) is 0 Å². The summed E-state index contributed by atoms with van der Waals surface area (Å²) in [5.74, 6) is 0.0172. The first-order valence-electron chi connectivity index (χ1n) is 5.31. The largest absolute Gasteiger partial charge is 0.390 e. The van der Waals surface area contributed by atoms with Crippen LogP contribution in [0.2, 0.25) is 0 Å². The SMILES string of the molecule is CN(C1CCNC1)C1CS(=O)(=O)CC1O. The number of aliphatic hydroxyl groups is 1. The molecule has 2 N–H and O–H groups in total. The molecule has 0 saturated carbocycles. The van der Waals surface area contributed by atoms with Gasteiger partial charge in [-0.1, -0.05) is 0 Å². The van der Waals surface area contributed by atoms with Gasteiger partial charge in [0.2, 0.25) is 0 Å². The Balaban J connectivity index is 2.04. The molecule has 0 radical (unpaired) electrons. The summed E-state index contributed by atoms with van der Waals surface area (Å²) in [6, 6.07) is 0.137. The van der Waals surface area contributed by atoms with E-state index >= 15 is 0 Å². The van der Waals surface area contributed by atoms with Crippen LogP contribution in [0.5, 0.6) is 0 Å². The molecule has 2 saturated heterocycles. The molecule has 2 rings (SSSR count). The lowest BCUT2D eigenvalue weighted by molar-refractivity contribution is 0.0781. The standard InChI is InChI=1S/C9H18N2O3S/c1-11(7-2-3-10-4-7)8-5-15(13,14)6-9(8)12/h7-10,12H,2-6H2,1H3. The summed E-state index contributed by atoms with van der Waals surface area (Å²) in [5, 5.41) is 13.0. The minimum Gasteiger partial charge on any atom is -0.390 e. The number of hydrogen-bond donors (Lipinski definition) is 2. The third kappa shape index (κ3) is 2.33. The van der Waals surface area contributed by atoms with Crippen molar-refractivity contribution in [2.75, 3.05) is 31.6 Å². The lowest BCUT2D eigenvalue weighted by atomic mass is 10.1. The second-order valence-electron chi connectivity index (χ2n) is 4.52. The molecule has 0 aromatic rings. The van der Waals surface area contributed by atoms with E-state index in [1.807, 2.05) is 11.9 Å². The molecule has 3 unspecified atom stereocenters. The van der Waals surface area contributed by atoms with Crippen LogP contribution in [-0.2, 0) is 9.84 Å². The molecule has 5 nitrogen and oxygen atoms in total. The van der Waals surface area contributed by atoms with Crippen LogP contribution in [0.4, 0.5) is 0 Å². The highest BCUT2D eigenvalue weighted by Gasteiger charge is 2.40. The second-order valence-corrected chi connectivity index (χ2v) is 6.68. The summed E-state index contributed by atoms with van der Waals surface area (Å²) >= 11 is 0. The van der Waals surface area contributed by atoms with E-state index in [0.29, 0.717) is 6.04 Å². The number of nitrogens with zero attached hydrogens (tertiary/aromatic N) is 1. The second kappa shape index (κ2) is 4.01. The predicted molar refractivity (Wildman–Crippen MR) is 57.5 cm³/mol. The Hall–Kier alpha value is -0.170. The molecule has 88 valence electrons. The molecule has 0 aliphatic carbocycles. The van der Waals surface area contributed by atoms with Crippen molar-refractivity contribution < 1.29 is 13.5 Å². The van der Waals surface area contributed by atoms with Crippen molar-refractivity contribution in [2.45, 2.75) is 24.6 Å². The van der Waals surface area contributed by atoms with Gasteiger partial charge >= 0.3 is 0 Å². The number of likely N-dealkylation sites (N-methyl/N-ethyl adjacent to an activating group) is 1. The van der Waals surface area contributed by atoms with Crippen molar-refractivity contribution in [3.05, 3.63) is 0 Å². The average molecular weight is 234 g/mol. The van der Waals surface area contributed by atoms with Gasteiger partial charge in [-0.25, -0.2) is 8.42 Å². The van der Waals surface area contributed by atoms with Crippen LogP contribution in [0, 0.1) is 0 Å². The molecule has 0 aromatic carbocycles. The van der Waals surface area contributed by atoms with E-state index in [1.165, 1.54) is 0 Å². The summed E-state index contributed by atoms with van der Waals surface area (Å²) in [6.07, 6.45) is 0.306. The van der Waals surface area contributed by atoms with Gasteiger partial charge in [0.1, 0.15) is 0 Å². The molecular weight excluding hydrogens is 216 g/mol. The topological polar surface area (TPSA) is 69.6 Å². The molecule has 0 aromatic heterocycles. The first-order valence-corrected chi connectivity index (χ1v) is 7.13. The van der Waals surface area contributed by atoms with Crippen LogP contribution in [0.3, 0.4) is 0 Å². The van der Waals surface area contributed by atoms with Gasteiger partial charge in [0.05, 0.1) is 23.7 Å². The lowest BCUT2D eigenvalue weighted by Gasteiger charge is -2.30. The number of rotatable bonds is 2. The highest BCUT2D eigenvalue weighted by atomic mass is 32.2. The van der Waals surface area contributed by atoms with Gasteiger partial charge in [-0.2, -0.15) is 0 Å². The van der Waals surface area contributed by atoms with Gasteiger partial charge in [0.15, 0.2) is 9.84 Å². The molecule has 2 heterocycles. The molecule has 6 heteroatoms. The summed E-state index contributed by atoms with van der Waals surface area (Å²) in [4.78, 5) is 2.02. The van der Waals surface area contributed by atoms with E-state index in [4.69, 9.17) is 0 Å². The molecule has 15 heavy (non-hydrogen) atoms. The van der Waals surface area contributed by atoms with E-state index < -0.39 is 15.9 Å². The van der Waals surface area contributed by atoms with E-state index in [2.05, 4.69) is 5.32 Å². The van der Waals surface area contributed by atoms with Crippen molar-refractivity contribution >= 4 is 9.84 Å². The minimum atomic E-state index is -3.03. The maximum atomic E-state index is 11.4. The van der Waals surface area contributed by atoms with Crippen LogP contribution in [-0.4, -0.2) is 68.3 Å². The predicted octanol–water partition coefficient (Wildman–Crippen LogP) is -1.56. The van der Waals surface area contributed by atoms with Crippen molar-refractivity contribution in [1.82, 2.24) is 10.2 Å². The van der Waals surface area contributed by atoms with Gasteiger partial charge in [0, 0.05) is 12.6 Å². The maximum absolute atomic E-state index is 11.4. The van der Waals surface area contributed by atoms with E-state index in [0.717, 1.165) is 19.5 Å². The zero-order valence-electron chi connectivity index (χ0n) is 8.89. The summed E-state index contributed by atoms with van der Waals surface area (Å²) in [5.41, 5.74) is 0. The Morgan fingerprint density at radius 3 is 2.60 bits per heavy atom. The van der Waals surface area contributed by atoms with Gasteiger partial charge in [-0.05, 0) is 20.0 Å². The fourth-order valence-electron chi connectivity index (χ4n) is 2.46. The number of sulfone groups is 1. The lowest BCUT2D eigenvalue weighted by Crippen LogP contribution is -2.47. The normalized spacial score (nSPS) is 40.1. The zero-order valence-corrected chi connectivity index (χ0v) is 9.70. The Morgan fingerprint density at radius 2 is 2.13 bits per heavy atom. The maximum Gasteiger partial charge on any atom is 0.154 e. The molecular formula is C9H18N2O3S. The average Bonchev–Trinajstić information content (AvgIpc) is 2.71. The molecule has 2 aliphatic rings. The van der Waals surface area contributed by atoms with Crippen molar-refractivity contribution in [2.24, 2.45) is 0 Å². The van der Waals surface area contributed by atoms with Crippen LogP contribution in [0.25, 0.3) is 0 Å². The smallest absolute Gasteiger partial charge is 0.154 e. The van der Waals surface area contributed by atoms with Gasteiger partial charge < -0.3 is 10.4 Å². The highest BCUT2D eigenvalue weighted by molar-refractivity contribution is 7.91. The van der Waals surface area contributed by atoms with Gasteiger partial charge in [0.25, 0.3) is 0 Å². The highest BCUT2D eigenvalue weighted by Crippen LogP contribution is 2.21. The molecule has 2 aliphatic heterocycles. The summed E-state index contributed by atoms with van der Waals surface area (Å²) < 4.78 is 22.7. The third-order valence-corrected chi connectivity index (χ3v) is 5.13. The zero-order chi connectivity index (χ0) is 11.1. The summed E-state index contributed by atoms with van der Waals surface area (Å²) in [7, 11) is -1.12. The fourth-order valence-corrected chi connectivity index (χ4v) is 4.31. The molecule has 2 fully saturated rings. The van der Waals surface area contributed by atoms with Crippen molar-refractivity contribution in [1.29, 1.82) is 0 Å². The third-order valence-electron chi connectivity index (χ3n) is 3.43. The molecule has 0 spiro atoms. The van der Waals surface area contributed by atoms with Crippen molar-refractivity contribution in [3.8, 4) is 0 Å². The van der Waals surface area contributed by atoms with Crippen LogP contribution in [0.1, 0.15) is 6.42 Å². The summed E-state index contributed by atoms with van der Waals surface area (Å²) in [6.45, 7) is 1.87. The Morgan fingerprint density at radius 1 is 1.40 bits per heavy atom. The van der Waals surface area contributed by atoms with Gasteiger partial charge in [-0.3, -0.25) is 4.90 Å². The Kier molecular flexibility index (Phi) is 3.03. The first-order chi connectivity index (χ1) is 6.99. The number of hydrogen-bond acceptors (Lipinski definition) is 5. The Bertz CT molecular complexity index is 324. The quantitative estimate of drug-likeness (QED) is 0.604. The number of aliphatic hydroxyl groups excluding tert-OH is 1. The van der Waals surface area contributed by atoms with E-state index in [1.54, 1.807) is 0 Å². The Labute approximate surface area is 90.4 Å². The molecule has 3 atom stereocenters. The van der Waals surface area contributed by atoms with Crippen LogP contribution in [0.15, 0.2) is 0 Å². The molecule has 0 bridgehead atoms. The van der Waals surface area contributed by atoms with Crippen LogP contribution >= 0.6 is 0 Å². The number of nitrogens with one attached hydrogen (secondary N) is 1. The molecule has 0 amide bonds. The van der Waals surface area contributed by atoms with E-state index in [-0.39, 0.29) is 17.5 Å². The first kappa shape index (κ1) is 11.3. The van der Waals surface area contributed by atoms with Crippen molar-refractivity contribution in [3.63, 3.8) is 0 Å². The van der Waals surface area contributed by atoms with Crippen LogP contribution < -0.4 is 5.32 Å².